The second-order valence-corrected chi connectivity index (χ2v) is 13.7. The predicted molar refractivity (Wildman–Crippen MR) is 198 cm³/mol. The Kier molecular flexibility index (Phi) is 10.9. The van der Waals surface area contributed by atoms with E-state index < -0.39 is 47.1 Å². The van der Waals surface area contributed by atoms with Crippen LogP contribution in [-0.2, 0) is 39.1 Å². The van der Waals surface area contributed by atoms with E-state index in [1.807, 2.05) is 91.0 Å². The summed E-state index contributed by atoms with van der Waals surface area (Å²) in [6, 6.07) is 27.5. The predicted octanol–water partition coefficient (Wildman–Crippen LogP) is 5.12. The zero-order chi connectivity index (χ0) is 36.8. The minimum atomic E-state index is -1.30. The lowest BCUT2D eigenvalue weighted by molar-refractivity contribution is -0.182. The number of nitrogen functional groups attached to an aromatic ring is 1. The van der Waals surface area contributed by atoms with Crippen molar-refractivity contribution in [2.24, 2.45) is 5.16 Å². The maximum atomic E-state index is 14.2. The van der Waals surface area contributed by atoms with Crippen molar-refractivity contribution in [3.8, 4) is 0 Å². The average molecular weight is 738 g/mol. The molecule has 3 heterocycles. The van der Waals surface area contributed by atoms with Crippen LogP contribution in [0.3, 0.4) is 0 Å². The average Bonchev–Trinajstić information content (AvgIpc) is 3.58. The number of nitrogens with zero attached hydrogens (tertiary/aromatic N) is 3. The van der Waals surface area contributed by atoms with Crippen LogP contribution in [0.1, 0.15) is 43.2 Å². The van der Waals surface area contributed by atoms with Gasteiger partial charge in [0.05, 0.1) is 0 Å². The highest BCUT2D eigenvalue weighted by Gasteiger charge is 2.55. The Balaban J connectivity index is 1.34. The molecule has 2 aliphatic rings. The second-order valence-electron chi connectivity index (χ2n) is 11.7. The smallest absolute Gasteiger partial charge is 0.358 e. The zero-order valence-electron chi connectivity index (χ0n) is 28.4. The van der Waals surface area contributed by atoms with Crippen molar-refractivity contribution in [1.82, 2.24) is 15.2 Å². The number of thioether (sulfide) groups is 1. The van der Waals surface area contributed by atoms with Crippen LogP contribution >= 0.6 is 23.1 Å². The molecule has 1 aromatic heterocycles. The number of amides is 2. The summed E-state index contributed by atoms with van der Waals surface area (Å²) in [5.74, 6) is -2.39. The monoisotopic (exact) mass is 737 g/mol. The molecule has 14 heteroatoms. The molecule has 2 unspecified atom stereocenters. The molecule has 266 valence electrons. The lowest BCUT2D eigenvalue weighted by atomic mass is 9.80. The molecule has 3 atom stereocenters. The minimum absolute atomic E-state index is 0.0132. The fourth-order valence-corrected chi connectivity index (χ4v) is 7.89. The van der Waals surface area contributed by atoms with Gasteiger partial charge in [-0.3, -0.25) is 19.3 Å². The molecule has 1 fully saturated rings. The van der Waals surface area contributed by atoms with E-state index in [9.17, 15) is 19.2 Å². The van der Waals surface area contributed by atoms with Gasteiger partial charge in [0.15, 0.2) is 10.8 Å². The maximum absolute atomic E-state index is 14.2. The molecule has 2 aliphatic heterocycles. The van der Waals surface area contributed by atoms with Gasteiger partial charge in [0.2, 0.25) is 11.9 Å². The number of ether oxygens (including phenoxy) is 2. The number of benzene rings is 3. The molecule has 52 heavy (non-hydrogen) atoms. The first-order valence-corrected chi connectivity index (χ1v) is 18.2. The molecule has 0 bridgehead atoms. The highest BCUT2D eigenvalue weighted by molar-refractivity contribution is 8.00. The van der Waals surface area contributed by atoms with E-state index in [1.54, 1.807) is 24.5 Å². The van der Waals surface area contributed by atoms with E-state index in [0.717, 1.165) is 28.0 Å². The number of hydrogen-bond acceptors (Lipinski definition) is 12. The molecule has 0 radical (unpaired) electrons. The van der Waals surface area contributed by atoms with Gasteiger partial charge in [0.25, 0.3) is 11.8 Å². The SMILES string of the molecule is C/C=C\C1=C(C(=O)OC(C)OC(C)=O)N2C(=O)C(NC(=O)/C(=N\OC(c3ccccc3)(c3ccccc3)c3ccccc3)c3csc(N)n3)[C@H]2SC1. The number of aromatic nitrogens is 1. The summed E-state index contributed by atoms with van der Waals surface area (Å²) < 4.78 is 10.3. The van der Waals surface area contributed by atoms with Crippen LogP contribution in [0.4, 0.5) is 5.13 Å². The summed E-state index contributed by atoms with van der Waals surface area (Å²) in [5, 5.41) is 8.46. The third-order valence-electron chi connectivity index (χ3n) is 8.24. The standard InChI is InChI=1S/C38H35N5O7S2/c1-4-14-25-21-51-35-31(34(46)43(35)32(25)36(47)49-24(3)48-23(2)44)41-33(45)30(29-22-52-37(39)40-29)42-50-38(26-15-8-5-9-16-26,27-17-10-6-11-18-27)28-19-12-7-13-20-28/h4-20,22,24,31,35H,21H2,1-3H3,(H2,39,40)(H,41,45)/b14-4-,42-30-/t24?,31?,35-/m1/s1. The number of fused-ring (bicyclic) bond motifs is 1. The van der Waals surface area contributed by atoms with E-state index in [4.69, 9.17) is 20.0 Å². The van der Waals surface area contributed by atoms with Crippen molar-refractivity contribution in [2.75, 3.05) is 11.5 Å². The lowest BCUT2D eigenvalue weighted by Crippen LogP contribution is -2.71. The third-order valence-corrected chi connectivity index (χ3v) is 10.2. The van der Waals surface area contributed by atoms with Crippen molar-refractivity contribution >= 4 is 57.7 Å². The molecular weight excluding hydrogens is 703 g/mol. The van der Waals surface area contributed by atoms with E-state index >= 15 is 0 Å². The minimum Gasteiger partial charge on any atom is -0.426 e. The lowest BCUT2D eigenvalue weighted by Gasteiger charge is -2.49. The fraction of sp³-hybridized carbons (Fsp3) is 0.211. The summed E-state index contributed by atoms with van der Waals surface area (Å²) in [6.45, 7) is 4.38. The van der Waals surface area contributed by atoms with Gasteiger partial charge in [-0.2, -0.15) is 0 Å². The molecule has 1 saturated heterocycles. The molecule has 12 nitrogen and oxygen atoms in total. The molecule has 0 aliphatic carbocycles. The largest absolute Gasteiger partial charge is 0.426 e. The highest BCUT2D eigenvalue weighted by Crippen LogP contribution is 2.42. The zero-order valence-corrected chi connectivity index (χ0v) is 30.1. The number of nitrogens with two attached hydrogens (primary N) is 1. The Labute approximate surface area is 308 Å². The topological polar surface area (TPSA) is 163 Å². The van der Waals surface area contributed by atoms with Gasteiger partial charge in [-0.25, -0.2) is 9.78 Å². The molecular formula is C38H35N5O7S2. The van der Waals surface area contributed by atoms with Gasteiger partial charge in [-0.1, -0.05) is 108 Å². The Morgan fingerprint density at radius 2 is 1.56 bits per heavy atom. The summed E-state index contributed by atoms with van der Waals surface area (Å²) in [6.07, 6.45) is 2.27. The van der Waals surface area contributed by atoms with Gasteiger partial charge in [0.1, 0.15) is 22.8 Å². The van der Waals surface area contributed by atoms with Crippen LogP contribution in [0.2, 0.25) is 0 Å². The van der Waals surface area contributed by atoms with Crippen molar-refractivity contribution < 1.29 is 33.5 Å². The molecule has 3 aromatic carbocycles. The van der Waals surface area contributed by atoms with Gasteiger partial charge in [-0.05, 0) is 12.5 Å². The van der Waals surface area contributed by atoms with E-state index in [-0.39, 0.29) is 22.2 Å². The fourth-order valence-electron chi connectivity index (χ4n) is 6.03. The Bertz CT molecular complexity index is 1950. The van der Waals surface area contributed by atoms with Crippen LogP contribution in [0.15, 0.2) is 125 Å². The number of allylic oxidation sites excluding steroid dienone is 2. The van der Waals surface area contributed by atoms with Crippen LogP contribution in [0.25, 0.3) is 0 Å². The summed E-state index contributed by atoms with van der Waals surface area (Å²) in [4.78, 5) is 64.9. The number of thiazole rings is 1. The Morgan fingerprint density at radius 1 is 0.981 bits per heavy atom. The number of nitrogens with one attached hydrogen (secondary N) is 1. The highest BCUT2D eigenvalue weighted by atomic mass is 32.2. The number of carbonyl (C=O) groups is 4. The van der Waals surface area contributed by atoms with Crippen molar-refractivity contribution in [1.29, 1.82) is 0 Å². The number of rotatable bonds is 12. The summed E-state index contributed by atoms with van der Waals surface area (Å²) in [7, 11) is 0. The Hall–Kier alpha value is -5.73. The van der Waals surface area contributed by atoms with Gasteiger partial charge in [-0.15, -0.1) is 23.1 Å². The number of carbonyl (C=O) groups excluding carboxylic acids is 4. The molecule has 3 N–H and O–H groups in total. The molecule has 0 saturated carbocycles. The number of anilines is 1. The van der Waals surface area contributed by atoms with E-state index in [2.05, 4.69) is 15.5 Å². The first-order valence-electron chi connectivity index (χ1n) is 16.3. The number of oxime groups is 1. The third kappa shape index (κ3) is 7.20. The molecule has 2 amide bonds. The quantitative estimate of drug-likeness (QED) is 0.0499. The van der Waals surface area contributed by atoms with Crippen LogP contribution < -0.4 is 11.1 Å². The first kappa shape index (κ1) is 36.1. The van der Waals surface area contributed by atoms with E-state index in [1.165, 1.54) is 30.5 Å². The van der Waals surface area contributed by atoms with Gasteiger partial charge >= 0.3 is 11.9 Å². The van der Waals surface area contributed by atoms with Crippen LogP contribution in [0, 0.1) is 0 Å². The second kappa shape index (κ2) is 15.7. The first-order chi connectivity index (χ1) is 25.1. The molecule has 4 aromatic rings. The van der Waals surface area contributed by atoms with Crippen molar-refractivity contribution in [3.05, 3.63) is 142 Å². The van der Waals surface area contributed by atoms with Crippen molar-refractivity contribution in [3.63, 3.8) is 0 Å². The number of esters is 2. The number of hydrogen-bond donors (Lipinski definition) is 2. The van der Waals surface area contributed by atoms with Gasteiger partial charge < -0.3 is 25.4 Å². The van der Waals surface area contributed by atoms with Crippen molar-refractivity contribution in [2.45, 2.75) is 44.1 Å². The summed E-state index contributed by atoms with van der Waals surface area (Å²) >= 11 is 2.49. The summed E-state index contributed by atoms with van der Waals surface area (Å²) in [5.41, 5.74) is 7.47. The molecule has 6 rings (SSSR count). The molecule has 0 spiro atoms. The van der Waals surface area contributed by atoms with E-state index in [0.29, 0.717) is 11.3 Å². The normalized spacial score (nSPS) is 17.9. The van der Waals surface area contributed by atoms with Gasteiger partial charge in [0, 0.05) is 41.7 Å². The number of β-lactam (4-membered cyclic amide) rings is 1. The van der Waals surface area contributed by atoms with Crippen LogP contribution in [0.5, 0.6) is 0 Å². The maximum Gasteiger partial charge on any atom is 0.358 e. The Morgan fingerprint density at radius 3 is 2.06 bits per heavy atom. The van der Waals surface area contributed by atoms with Crippen LogP contribution in [-0.4, -0.2) is 62.8 Å².